The lowest BCUT2D eigenvalue weighted by Gasteiger charge is -2.18. The van der Waals surface area contributed by atoms with Crippen molar-refractivity contribution in [1.29, 1.82) is 0 Å². The number of ether oxygens (including phenoxy) is 2. The highest BCUT2D eigenvalue weighted by Crippen LogP contribution is 2.29. The number of para-hydroxylation sites is 2. The van der Waals surface area contributed by atoms with Crippen LogP contribution in [0.2, 0.25) is 0 Å². The summed E-state index contributed by atoms with van der Waals surface area (Å²) in [6.07, 6.45) is -0.0509. The molecule has 0 radical (unpaired) electrons. The van der Waals surface area contributed by atoms with E-state index in [0.717, 1.165) is 12.2 Å². The van der Waals surface area contributed by atoms with E-state index in [0.29, 0.717) is 30.8 Å². The number of carbonyl (C=O) groups excluding carboxylic acids is 1. The number of primary amides is 1. The molecule has 126 valence electrons. The van der Waals surface area contributed by atoms with E-state index in [9.17, 15) is 4.79 Å². The lowest BCUT2D eigenvalue weighted by Crippen LogP contribution is -2.30. The molecule has 0 bridgehead atoms. The van der Waals surface area contributed by atoms with Crippen LogP contribution in [0, 0.1) is 5.92 Å². The number of hydrogen-bond donors (Lipinski definition) is 1. The minimum absolute atomic E-state index is 0.195. The van der Waals surface area contributed by atoms with Crippen LogP contribution in [0.25, 0.3) is 0 Å². The van der Waals surface area contributed by atoms with Gasteiger partial charge in [-0.3, -0.25) is 4.79 Å². The van der Waals surface area contributed by atoms with Crippen LogP contribution >= 0.6 is 0 Å². The van der Waals surface area contributed by atoms with Crippen LogP contribution in [0.1, 0.15) is 27.2 Å². The number of amides is 1. The molecule has 2 N–H and O–H groups in total. The number of nitrogens with zero attached hydrogens (tertiary/aromatic N) is 2. The second-order valence-electron chi connectivity index (χ2n) is 6.00. The maximum Gasteiger partial charge on any atom is 0.293 e. The predicted octanol–water partition coefficient (Wildman–Crippen LogP) is 2.31. The zero-order valence-corrected chi connectivity index (χ0v) is 14.0. The molecule has 1 atom stereocenters. The fourth-order valence-corrected chi connectivity index (χ4v) is 2.54. The molecule has 6 nitrogen and oxygen atoms in total. The van der Waals surface area contributed by atoms with Gasteiger partial charge in [0.05, 0.1) is 19.6 Å². The van der Waals surface area contributed by atoms with Gasteiger partial charge in [0.15, 0.2) is 0 Å². The Morgan fingerprint density at radius 3 is 2.87 bits per heavy atom. The number of aliphatic imine (C=N–C) groups is 1. The van der Waals surface area contributed by atoms with Gasteiger partial charge in [-0.15, -0.1) is 0 Å². The van der Waals surface area contributed by atoms with Crippen LogP contribution in [0.4, 0.5) is 5.69 Å². The third-order valence-electron chi connectivity index (χ3n) is 3.36. The number of hydrogen-bond acceptors (Lipinski definition) is 4. The molecule has 0 aromatic heterocycles. The molecule has 0 saturated carbocycles. The van der Waals surface area contributed by atoms with Crippen molar-refractivity contribution in [2.24, 2.45) is 16.6 Å². The smallest absolute Gasteiger partial charge is 0.293 e. The molecule has 2 rings (SSSR count). The van der Waals surface area contributed by atoms with Crippen LogP contribution < -0.4 is 10.5 Å². The first-order valence-electron chi connectivity index (χ1n) is 8.00. The Labute approximate surface area is 137 Å². The monoisotopic (exact) mass is 319 g/mol. The van der Waals surface area contributed by atoms with Gasteiger partial charge in [0.2, 0.25) is 5.91 Å². The zero-order chi connectivity index (χ0) is 16.8. The van der Waals surface area contributed by atoms with Gasteiger partial charge in [0.25, 0.3) is 6.02 Å². The molecule has 6 heteroatoms. The highest BCUT2D eigenvalue weighted by atomic mass is 16.5. The zero-order valence-electron chi connectivity index (χ0n) is 14.0. The molecule has 0 spiro atoms. The highest BCUT2D eigenvalue weighted by molar-refractivity contribution is 5.81. The Bertz CT molecular complexity index is 572. The first kappa shape index (κ1) is 17.1. The summed E-state index contributed by atoms with van der Waals surface area (Å²) >= 11 is 0. The van der Waals surface area contributed by atoms with Crippen LogP contribution in [0.15, 0.2) is 29.3 Å². The second-order valence-corrected chi connectivity index (χ2v) is 6.00. The van der Waals surface area contributed by atoms with Crippen LogP contribution in [0.5, 0.6) is 5.75 Å². The predicted molar refractivity (Wildman–Crippen MR) is 89.8 cm³/mol. The van der Waals surface area contributed by atoms with Crippen molar-refractivity contribution in [2.75, 3.05) is 19.7 Å². The summed E-state index contributed by atoms with van der Waals surface area (Å²) in [6.45, 7) is 8.20. The van der Waals surface area contributed by atoms with Gasteiger partial charge in [0, 0.05) is 6.54 Å². The molecule has 1 aromatic rings. The average molecular weight is 319 g/mol. The molecule has 1 fully saturated rings. The fourth-order valence-electron chi connectivity index (χ4n) is 2.54. The van der Waals surface area contributed by atoms with E-state index in [1.807, 2.05) is 31.2 Å². The van der Waals surface area contributed by atoms with Crippen molar-refractivity contribution < 1.29 is 14.3 Å². The molecule has 0 aliphatic carbocycles. The molecule has 1 saturated heterocycles. The molecule has 1 aromatic carbocycles. The van der Waals surface area contributed by atoms with E-state index in [2.05, 4.69) is 23.7 Å². The maximum atomic E-state index is 11.2. The molecule has 1 unspecified atom stereocenters. The largest absolute Gasteiger partial charge is 0.492 e. The number of rotatable bonds is 7. The van der Waals surface area contributed by atoms with E-state index >= 15 is 0 Å². The normalized spacial score (nSPS) is 19.2. The lowest BCUT2D eigenvalue weighted by molar-refractivity contribution is -0.119. The summed E-state index contributed by atoms with van der Waals surface area (Å²) in [6, 6.07) is 8.11. The summed E-state index contributed by atoms with van der Waals surface area (Å²) in [5.74, 6) is 0.808. The molecule has 1 aliphatic heterocycles. The molecular formula is C17H25N3O3. The minimum atomic E-state index is -0.365. The minimum Gasteiger partial charge on any atom is -0.492 e. The summed E-state index contributed by atoms with van der Waals surface area (Å²) in [5.41, 5.74) is 6.00. The SMILES string of the molecule is CCOc1ccccc1N=C1OC(CC(N)=O)CN1CC(C)C. The van der Waals surface area contributed by atoms with Crippen molar-refractivity contribution in [2.45, 2.75) is 33.3 Å². The lowest BCUT2D eigenvalue weighted by atomic mass is 10.2. The Morgan fingerprint density at radius 2 is 2.22 bits per heavy atom. The van der Waals surface area contributed by atoms with Crippen LogP contribution in [-0.2, 0) is 9.53 Å². The molecule has 1 heterocycles. The Hall–Kier alpha value is -2.24. The highest BCUT2D eigenvalue weighted by Gasteiger charge is 2.31. The van der Waals surface area contributed by atoms with Crippen molar-refractivity contribution in [3.63, 3.8) is 0 Å². The van der Waals surface area contributed by atoms with Gasteiger partial charge < -0.3 is 20.1 Å². The van der Waals surface area contributed by atoms with E-state index < -0.39 is 0 Å². The summed E-state index contributed by atoms with van der Waals surface area (Å²) in [4.78, 5) is 17.8. The van der Waals surface area contributed by atoms with Crippen LogP contribution in [0.3, 0.4) is 0 Å². The summed E-state index contributed by atoms with van der Waals surface area (Å²) in [5, 5.41) is 0. The van der Waals surface area contributed by atoms with Crippen molar-refractivity contribution in [3.8, 4) is 5.75 Å². The summed E-state index contributed by atoms with van der Waals surface area (Å²) < 4.78 is 11.4. The van der Waals surface area contributed by atoms with E-state index in [4.69, 9.17) is 15.2 Å². The van der Waals surface area contributed by atoms with Crippen molar-refractivity contribution in [3.05, 3.63) is 24.3 Å². The number of benzene rings is 1. The number of nitrogens with two attached hydrogens (primary N) is 1. The van der Waals surface area contributed by atoms with Crippen LogP contribution in [-0.4, -0.2) is 42.6 Å². The third-order valence-corrected chi connectivity index (χ3v) is 3.36. The van der Waals surface area contributed by atoms with E-state index in [-0.39, 0.29) is 18.4 Å². The van der Waals surface area contributed by atoms with Gasteiger partial charge in [-0.05, 0) is 25.0 Å². The first-order chi connectivity index (χ1) is 11.0. The fraction of sp³-hybridized carbons (Fsp3) is 0.529. The maximum absolute atomic E-state index is 11.2. The molecule has 1 aliphatic rings. The Morgan fingerprint density at radius 1 is 1.48 bits per heavy atom. The Kier molecular flexibility index (Phi) is 5.84. The third kappa shape index (κ3) is 4.87. The van der Waals surface area contributed by atoms with Gasteiger partial charge in [-0.2, -0.15) is 4.99 Å². The number of carbonyl (C=O) groups is 1. The van der Waals surface area contributed by atoms with E-state index in [1.165, 1.54) is 0 Å². The van der Waals surface area contributed by atoms with Crippen molar-refractivity contribution in [1.82, 2.24) is 4.90 Å². The first-order valence-corrected chi connectivity index (χ1v) is 8.00. The topological polar surface area (TPSA) is 77.1 Å². The molecule has 23 heavy (non-hydrogen) atoms. The van der Waals surface area contributed by atoms with Crippen molar-refractivity contribution >= 4 is 17.6 Å². The van der Waals surface area contributed by atoms with Gasteiger partial charge >= 0.3 is 0 Å². The standard InChI is InChI=1S/C17H25N3O3/c1-4-22-15-8-6-5-7-14(15)19-17-20(10-12(2)3)11-13(23-17)9-16(18)21/h5-8,12-13H,4,9-11H2,1-3H3,(H2,18,21). The van der Waals surface area contributed by atoms with E-state index in [1.54, 1.807) is 0 Å². The number of amidine groups is 1. The van der Waals surface area contributed by atoms with Gasteiger partial charge in [0.1, 0.15) is 17.5 Å². The van der Waals surface area contributed by atoms with Gasteiger partial charge in [-0.1, -0.05) is 26.0 Å². The molecule has 1 amide bonds. The molecular weight excluding hydrogens is 294 g/mol. The summed E-state index contributed by atoms with van der Waals surface area (Å²) in [7, 11) is 0. The quantitative estimate of drug-likeness (QED) is 0.836. The van der Waals surface area contributed by atoms with Gasteiger partial charge in [-0.25, -0.2) is 0 Å². The second kappa shape index (κ2) is 7.85. The Balaban J connectivity index is 2.24. The average Bonchev–Trinajstić information content (AvgIpc) is 2.81.